The van der Waals surface area contributed by atoms with Gasteiger partial charge in [-0.15, -0.1) is 0 Å². The molecule has 1 atom stereocenters. The van der Waals surface area contributed by atoms with E-state index in [0.29, 0.717) is 16.1 Å². The molecule has 0 unspecified atom stereocenters. The van der Waals surface area contributed by atoms with Gasteiger partial charge in [0.05, 0.1) is 6.54 Å². The average Bonchev–Trinajstić information content (AvgIpc) is 3.02. The summed E-state index contributed by atoms with van der Waals surface area (Å²) in [5.74, 6) is 2.58. The zero-order valence-corrected chi connectivity index (χ0v) is 14.4. The number of furan rings is 1. The summed E-state index contributed by atoms with van der Waals surface area (Å²) in [6.45, 7) is 4.47. The summed E-state index contributed by atoms with van der Waals surface area (Å²) >= 11 is 12.1. The van der Waals surface area contributed by atoms with Gasteiger partial charge in [-0.05, 0) is 62.2 Å². The fourth-order valence-electron chi connectivity index (χ4n) is 3.75. The minimum Gasteiger partial charge on any atom is -0.460 e. The van der Waals surface area contributed by atoms with Gasteiger partial charge in [-0.1, -0.05) is 23.2 Å². The van der Waals surface area contributed by atoms with Crippen LogP contribution in [0.4, 0.5) is 0 Å². The van der Waals surface area contributed by atoms with E-state index in [-0.39, 0.29) is 0 Å². The van der Waals surface area contributed by atoms with E-state index in [4.69, 9.17) is 27.6 Å². The summed E-state index contributed by atoms with van der Waals surface area (Å²) in [4.78, 5) is 2.55. The summed E-state index contributed by atoms with van der Waals surface area (Å²) in [6, 6.07) is 10.1. The Hall–Kier alpha value is -1.00. The van der Waals surface area contributed by atoms with Crippen LogP contribution >= 0.6 is 23.2 Å². The summed E-state index contributed by atoms with van der Waals surface area (Å²) < 4.78 is 5.96. The monoisotopic (exact) mass is 350 g/mol. The summed E-state index contributed by atoms with van der Waals surface area (Å²) in [5, 5.41) is 4.91. The standard InChI is InChI=1S/C18H20Cl2N2O/c19-14-7-13(8-15(20)9-14)18-2-1-16(23-18)10-21-17-11-22-5-3-12(17)4-6-22/h1-2,7-9,12,17,21H,3-6,10-11H2/t17-/m1/s1. The fourth-order valence-corrected chi connectivity index (χ4v) is 4.28. The van der Waals surface area contributed by atoms with E-state index in [1.54, 1.807) is 6.07 Å². The van der Waals surface area contributed by atoms with Crippen molar-refractivity contribution in [2.45, 2.75) is 25.4 Å². The molecule has 2 bridgehead atoms. The van der Waals surface area contributed by atoms with Crippen LogP contribution in [-0.4, -0.2) is 30.6 Å². The van der Waals surface area contributed by atoms with Crippen molar-refractivity contribution in [1.82, 2.24) is 10.2 Å². The molecular weight excluding hydrogens is 331 g/mol. The predicted octanol–water partition coefficient (Wildman–Crippen LogP) is 4.44. The van der Waals surface area contributed by atoms with Crippen LogP contribution < -0.4 is 5.32 Å². The van der Waals surface area contributed by atoms with E-state index >= 15 is 0 Å². The van der Waals surface area contributed by atoms with Crippen molar-refractivity contribution in [2.75, 3.05) is 19.6 Å². The zero-order valence-electron chi connectivity index (χ0n) is 12.9. The first kappa shape index (κ1) is 15.5. The van der Waals surface area contributed by atoms with Gasteiger partial charge in [-0.25, -0.2) is 0 Å². The molecule has 2 aromatic rings. The Morgan fingerprint density at radius 2 is 1.83 bits per heavy atom. The fraction of sp³-hybridized carbons (Fsp3) is 0.444. The van der Waals surface area contributed by atoms with E-state index in [2.05, 4.69) is 10.2 Å². The van der Waals surface area contributed by atoms with Crippen molar-refractivity contribution in [3.63, 3.8) is 0 Å². The number of halogens is 2. The number of fused-ring (bicyclic) bond motifs is 3. The zero-order chi connectivity index (χ0) is 15.8. The van der Waals surface area contributed by atoms with Gasteiger partial charge in [-0.3, -0.25) is 0 Å². The summed E-state index contributed by atoms with van der Waals surface area (Å²) in [6.07, 6.45) is 2.64. The SMILES string of the molecule is Clc1cc(Cl)cc(-c2ccc(CN[C@@H]3CN4CCC3CC4)o2)c1. The molecule has 0 amide bonds. The van der Waals surface area contributed by atoms with Gasteiger partial charge in [0.1, 0.15) is 11.5 Å². The van der Waals surface area contributed by atoms with E-state index in [1.165, 1.54) is 32.5 Å². The van der Waals surface area contributed by atoms with E-state index < -0.39 is 0 Å². The molecule has 0 saturated carbocycles. The molecular formula is C18H20Cl2N2O. The molecule has 3 aliphatic rings. The molecule has 3 aliphatic heterocycles. The van der Waals surface area contributed by atoms with Crippen LogP contribution in [0.2, 0.25) is 10.0 Å². The Morgan fingerprint density at radius 3 is 2.48 bits per heavy atom. The molecule has 1 N–H and O–H groups in total. The summed E-state index contributed by atoms with van der Waals surface area (Å²) in [7, 11) is 0. The van der Waals surface area contributed by atoms with E-state index in [9.17, 15) is 0 Å². The summed E-state index contributed by atoms with van der Waals surface area (Å²) in [5.41, 5.74) is 0.914. The third-order valence-corrected chi connectivity index (χ3v) is 5.44. The Balaban J connectivity index is 1.42. The average molecular weight is 351 g/mol. The smallest absolute Gasteiger partial charge is 0.134 e. The Morgan fingerprint density at radius 1 is 1.09 bits per heavy atom. The molecule has 1 aromatic heterocycles. The Bertz CT molecular complexity index is 672. The quantitative estimate of drug-likeness (QED) is 0.883. The lowest BCUT2D eigenvalue weighted by Crippen LogP contribution is -2.55. The maximum Gasteiger partial charge on any atom is 0.134 e. The Kier molecular flexibility index (Phi) is 4.37. The molecule has 3 saturated heterocycles. The highest BCUT2D eigenvalue weighted by Crippen LogP contribution is 2.30. The van der Waals surface area contributed by atoms with Crippen molar-refractivity contribution in [1.29, 1.82) is 0 Å². The molecule has 3 nitrogen and oxygen atoms in total. The van der Waals surface area contributed by atoms with Crippen molar-refractivity contribution < 1.29 is 4.42 Å². The van der Waals surface area contributed by atoms with Gasteiger partial charge in [-0.2, -0.15) is 0 Å². The van der Waals surface area contributed by atoms with Gasteiger partial charge in [0.2, 0.25) is 0 Å². The van der Waals surface area contributed by atoms with Gasteiger partial charge in [0.25, 0.3) is 0 Å². The second-order valence-electron chi connectivity index (χ2n) is 6.55. The third-order valence-electron chi connectivity index (χ3n) is 5.00. The Labute approximate surface area is 146 Å². The largest absolute Gasteiger partial charge is 0.460 e. The second-order valence-corrected chi connectivity index (χ2v) is 7.42. The van der Waals surface area contributed by atoms with Gasteiger partial charge in [0.15, 0.2) is 0 Å². The molecule has 3 fully saturated rings. The predicted molar refractivity (Wildman–Crippen MR) is 94.0 cm³/mol. The van der Waals surface area contributed by atoms with Crippen LogP contribution in [0.1, 0.15) is 18.6 Å². The van der Waals surface area contributed by atoms with Crippen LogP contribution in [-0.2, 0) is 6.54 Å². The first-order valence-corrected chi connectivity index (χ1v) is 8.94. The topological polar surface area (TPSA) is 28.4 Å². The molecule has 122 valence electrons. The molecule has 1 aromatic carbocycles. The van der Waals surface area contributed by atoms with Crippen LogP contribution in [0.15, 0.2) is 34.7 Å². The minimum absolute atomic E-state index is 0.590. The first-order valence-electron chi connectivity index (χ1n) is 8.18. The number of rotatable bonds is 4. The highest BCUT2D eigenvalue weighted by Gasteiger charge is 2.33. The number of nitrogens with zero attached hydrogens (tertiary/aromatic N) is 1. The molecule has 0 aliphatic carbocycles. The molecule has 0 spiro atoms. The van der Waals surface area contributed by atoms with Crippen LogP contribution in [0, 0.1) is 5.92 Å². The van der Waals surface area contributed by atoms with Gasteiger partial charge >= 0.3 is 0 Å². The van der Waals surface area contributed by atoms with Crippen molar-refractivity contribution >= 4 is 23.2 Å². The lowest BCUT2D eigenvalue weighted by atomic mass is 9.84. The van der Waals surface area contributed by atoms with E-state index in [0.717, 1.165) is 29.5 Å². The molecule has 23 heavy (non-hydrogen) atoms. The number of hydrogen-bond donors (Lipinski definition) is 1. The number of piperidine rings is 3. The number of hydrogen-bond acceptors (Lipinski definition) is 3. The van der Waals surface area contributed by atoms with Gasteiger partial charge < -0.3 is 14.6 Å². The normalized spacial score (nSPS) is 26.6. The van der Waals surface area contributed by atoms with Crippen molar-refractivity contribution in [2.24, 2.45) is 5.92 Å². The lowest BCUT2D eigenvalue weighted by molar-refractivity contribution is 0.0711. The first-order chi connectivity index (χ1) is 11.2. The van der Waals surface area contributed by atoms with Crippen molar-refractivity contribution in [3.05, 3.63) is 46.1 Å². The van der Waals surface area contributed by atoms with Crippen LogP contribution in [0.25, 0.3) is 11.3 Å². The third kappa shape index (κ3) is 3.43. The second kappa shape index (κ2) is 6.48. The van der Waals surface area contributed by atoms with Crippen LogP contribution in [0.3, 0.4) is 0 Å². The number of nitrogens with one attached hydrogen (secondary N) is 1. The lowest BCUT2D eigenvalue weighted by Gasteiger charge is -2.45. The van der Waals surface area contributed by atoms with E-state index in [1.807, 2.05) is 24.3 Å². The highest BCUT2D eigenvalue weighted by molar-refractivity contribution is 6.35. The maximum absolute atomic E-state index is 6.06. The molecule has 5 heteroatoms. The molecule has 0 radical (unpaired) electrons. The molecule has 5 rings (SSSR count). The molecule has 4 heterocycles. The highest BCUT2D eigenvalue weighted by atomic mass is 35.5. The maximum atomic E-state index is 6.06. The minimum atomic E-state index is 0.590. The number of benzene rings is 1. The van der Waals surface area contributed by atoms with Crippen LogP contribution in [0.5, 0.6) is 0 Å². The van der Waals surface area contributed by atoms with Gasteiger partial charge in [0, 0.05) is 28.2 Å². The van der Waals surface area contributed by atoms with Crippen molar-refractivity contribution in [3.8, 4) is 11.3 Å².